The Morgan fingerprint density at radius 1 is 0.944 bits per heavy atom. The number of amides is 2. The van der Waals surface area contributed by atoms with Crippen molar-refractivity contribution in [1.29, 1.82) is 5.26 Å². The van der Waals surface area contributed by atoms with Gasteiger partial charge in [0.05, 0.1) is 27.6 Å². The third kappa shape index (κ3) is 4.92. The van der Waals surface area contributed by atoms with E-state index in [-0.39, 0.29) is 24.3 Å². The van der Waals surface area contributed by atoms with Crippen molar-refractivity contribution in [3.63, 3.8) is 0 Å². The van der Waals surface area contributed by atoms with Crippen LogP contribution in [-0.2, 0) is 17.9 Å². The molecule has 0 unspecified atom stereocenters. The van der Waals surface area contributed by atoms with Crippen LogP contribution in [0.25, 0.3) is 16.8 Å². The first-order chi connectivity index (χ1) is 17.5. The molecule has 1 fully saturated rings. The van der Waals surface area contributed by atoms with Crippen molar-refractivity contribution in [3.05, 3.63) is 117 Å². The molecule has 176 valence electrons. The minimum Gasteiger partial charge on any atom is -0.488 e. The standard InChI is InChI=1S/C29H19BrN2O3S/c30-25-14-19(12-13-26(25)35-18-23-8-2-1-7-21(23)16-31)15-27-28(33)32(29(34)36-27)17-22-10-5-9-20-6-3-4-11-24(20)22/h1-15H,17-18H2/b27-15+. The van der Waals surface area contributed by atoms with Crippen LogP contribution in [0.3, 0.4) is 0 Å². The molecule has 0 radical (unpaired) electrons. The van der Waals surface area contributed by atoms with Crippen LogP contribution in [0, 0.1) is 11.3 Å². The third-order valence-corrected chi connectivity index (χ3v) is 7.38. The summed E-state index contributed by atoms with van der Waals surface area (Å²) in [5.74, 6) is 0.312. The average Bonchev–Trinajstić information content (AvgIpc) is 3.16. The number of nitriles is 1. The van der Waals surface area contributed by atoms with Crippen LogP contribution < -0.4 is 4.74 Å². The fourth-order valence-electron chi connectivity index (χ4n) is 4.02. The molecule has 1 saturated heterocycles. The zero-order chi connectivity index (χ0) is 25.1. The van der Waals surface area contributed by atoms with Gasteiger partial charge in [-0.2, -0.15) is 5.26 Å². The molecule has 0 spiro atoms. The molecule has 2 amide bonds. The smallest absolute Gasteiger partial charge is 0.293 e. The summed E-state index contributed by atoms with van der Waals surface area (Å²) in [6, 6.07) is 28.7. The zero-order valence-electron chi connectivity index (χ0n) is 19.0. The van der Waals surface area contributed by atoms with Crippen LogP contribution in [0.4, 0.5) is 4.79 Å². The summed E-state index contributed by atoms with van der Waals surface area (Å²) in [5, 5.41) is 11.1. The van der Waals surface area contributed by atoms with E-state index in [1.807, 2.05) is 72.8 Å². The van der Waals surface area contributed by atoms with Crippen molar-refractivity contribution in [3.8, 4) is 11.8 Å². The molecule has 0 atom stereocenters. The number of benzene rings is 4. The van der Waals surface area contributed by atoms with Gasteiger partial charge in [-0.3, -0.25) is 14.5 Å². The predicted octanol–water partition coefficient (Wildman–Crippen LogP) is 7.29. The Balaban J connectivity index is 1.31. The molecular formula is C29H19BrN2O3S. The Bertz CT molecular complexity index is 1570. The molecule has 0 aliphatic carbocycles. The maximum absolute atomic E-state index is 13.1. The number of nitrogens with zero attached hydrogens (tertiary/aromatic N) is 2. The van der Waals surface area contributed by atoms with Crippen LogP contribution in [0.2, 0.25) is 0 Å². The molecule has 4 aromatic rings. The minimum atomic E-state index is -0.303. The van der Waals surface area contributed by atoms with Gasteiger partial charge in [0.2, 0.25) is 0 Å². The minimum absolute atomic E-state index is 0.226. The second-order valence-electron chi connectivity index (χ2n) is 8.15. The Hall–Kier alpha value is -3.86. The van der Waals surface area contributed by atoms with E-state index in [1.54, 1.807) is 18.2 Å². The Morgan fingerprint density at radius 3 is 2.53 bits per heavy atom. The maximum atomic E-state index is 13.1. The van der Waals surface area contributed by atoms with E-state index in [2.05, 4.69) is 22.0 Å². The normalized spacial score (nSPS) is 14.4. The van der Waals surface area contributed by atoms with Crippen LogP contribution >= 0.6 is 27.7 Å². The van der Waals surface area contributed by atoms with Gasteiger partial charge in [-0.05, 0) is 73.9 Å². The predicted molar refractivity (Wildman–Crippen MR) is 145 cm³/mol. The Morgan fingerprint density at radius 2 is 1.69 bits per heavy atom. The van der Waals surface area contributed by atoms with Gasteiger partial charge in [-0.1, -0.05) is 66.7 Å². The first kappa shape index (κ1) is 23.9. The highest BCUT2D eigenvalue weighted by molar-refractivity contribution is 9.10. The molecular weight excluding hydrogens is 536 g/mol. The summed E-state index contributed by atoms with van der Waals surface area (Å²) in [5.41, 5.74) is 3.07. The molecule has 4 aromatic carbocycles. The topological polar surface area (TPSA) is 70.4 Å². The quantitative estimate of drug-likeness (QED) is 0.234. The summed E-state index contributed by atoms with van der Waals surface area (Å²) in [7, 11) is 0. The monoisotopic (exact) mass is 554 g/mol. The van der Waals surface area contributed by atoms with E-state index in [1.165, 1.54) is 4.90 Å². The summed E-state index contributed by atoms with van der Waals surface area (Å²) in [4.78, 5) is 27.4. The lowest BCUT2D eigenvalue weighted by Gasteiger charge is -2.14. The number of fused-ring (bicyclic) bond motifs is 1. The molecule has 0 aromatic heterocycles. The highest BCUT2D eigenvalue weighted by Gasteiger charge is 2.35. The summed E-state index contributed by atoms with van der Waals surface area (Å²) in [6.45, 7) is 0.485. The lowest BCUT2D eigenvalue weighted by atomic mass is 10.0. The second kappa shape index (κ2) is 10.4. The largest absolute Gasteiger partial charge is 0.488 e. The van der Waals surface area contributed by atoms with Gasteiger partial charge in [-0.25, -0.2) is 0 Å². The Labute approximate surface area is 221 Å². The van der Waals surface area contributed by atoms with Crippen molar-refractivity contribution in [2.45, 2.75) is 13.2 Å². The van der Waals surface area contributed by atoms with Gasteiger partial charge in [-0.15, -0.1) is 0 Å². The lowest BCUT2D eigenvalue weighted by Crippen LogP contribution is -2.27. The number of hydrogen-bond donors (Lipinski definition) is 0. The van der Waals surface area contributed by atoms with Crippen molar-refractivity contribution in [2.75, 3.05) is 0 Å². The molecule has 5 nitrogen and oxygen atoms in total. The van der Waals surface area contributed by atoms with Crippen molar-refractivity contribution in [1.82, 2.24) is 4.90 Å². The van der Waals surface area contributed by atoms with Crippen LogP contribution in [0.1, 0.15) is 22.3 Å². The van der Waals surface area contributed by atoms with E-state index in [9.17, 15) is 14.9 Å². The number of carbonyl (C=O) groups excluding carboxylic acids is 2. The third-order valence-electron chi connectivity index (χ3n) is 5.86. The number of rotatable bonds is 6. The van der Waals surface area contributed by atoms with E-state index in [4.69, 9.17) is 4.74 Å². The van der Waals surface area contributed by atoms with Gasteiger partial charge in [0.15, 0.2) is 0 Å². The fourth-order valence-corrected chi connectivity index (χ4v) is 5.37. The van der Waals surface area contributed by atoms with Gasteiger partial charge >= 0.3 is 0 Å². The molecule has 7 heteroatoms. The van der Waals surface area contributed by atoms with Crippen molar-refractivity contribution in [2.24, 2.45) is 0 Å². The Kier molecular flexibility index (Phi) is 6.90. The maximum Gasteiger partial charge on any atom is 0.293 e. The molecule has 0 bridgehead atoms. The number of halogens is 1. The first-order valence-corrected chi connectivity index (χ1v) is 12.8. The molecule has 1 heterocycles. The molecule has 36 heavy (non-hydrogen) atoms. The van der Waals surface area contributed by atoms with Crippen LogP contribution in [0.5, 0.6) is 5.75 Å². The van der Waals surface area contributed by atoms with Gasteiger partial charge in [0.25, 0.3) is 11.1 Å². The van der Waals surface area contributed by atoms with Crippen LogP contribution in [0.15, 0.2) is 94.3 Å². The van der Waals surface area contributed by atoms with E-state index < -0.39 is 0 Å². The molecule has 1 aliphatic rings. The molecule has 0 saturated carbocycles. The van der Waals surface area contributed by atoms with E-state index in [0.29, 0.717) is 20.7 Å². The zero-order valence-corrected chi connectivity index (χ0v) is 21.4. The van der Waals surface area contributed by atoms with E-state index >= 15 is 0 Å². The van der Waals surface area contributed by atoms with E-state index in [0.717, 1.165) is 39.2 Å². The number of imide groups is 1. The van der Waals surface area contributed by atoms with Gasteiger partial charge < -0.3 is 4.74 Å². The van der Waals surface area contributed by atoms with Crippen molar-refractivity contribution >= 4 is 55.7 Å². The fraction of sp³-hybridized carbons (Fsp3) is 0.0690. The number of carbonyl (C=O) groups is 2. The second-order valence-corrected chi connectivity index (χ2v) is 10.0. The van der Waals surface area contributed by atoms with Crippen molar-refractivity contribution < 1.29 is 14.3 Å². The number of ether oxygens (including phenoxy) is 1. The summed E-state index contributed by atoms with van der Waals surface area (Å²) in [6.07, 6.45) is 1.72. The highest BCUT2D eigenvalue weighted by atomic mass is 79.9. The number of thioether (sulfide) groups is 1. The number of hydrogen-bond acceptors (Lipinski definition) is 5. The van der Waals surface area contributed by atoms with Gasteiger partial charge in [0, 0.05) is 5.56 Å². The average molecular weight is 555 g/mol. The summed E-state index contributed by atoms with van der Waals surface area (Å²) < 4.78 is 6.60. The molecule has 0 N–H and O–H groups in total. The first-order valence-electron chi connectivity index (χ1n) is 11.2. The molecule has 1 aliphatic heterocycles. The molecule has 5 rings (SSSR count). The van der Waals surface area contributed by atoms with Crippen LogP contribution in [-0.4, -0.2) is 16.0 Å². The lowest BCUT2D eigenvalue weighted by molar-refractivity contribution is -0.123. The van der Waals surface area contributed by atoms with Gasteiger partial charge in [0.1, 0.15) is 12.4 Å². The summed E-state index contributed by atoms with van der Waals surface area (Å²) >= 11 is 4.47. The SMILES string of the molecule is N#Cc1ccccc1COc1ccc(/C=C2/SC(=O)N(Cc3cccc4ccccc34)C2=O)cc1Br. The highest BCUT2D eigenvalue weighted by Crippen LogP contribution is 2.35.